The van der Waals surface area contributed by atoms with Gasteiger partial charge < -0.3 is 5.32 Å². The maximum atomic E-state index is 12.2. The Kier molecular flexibility index (Phi) is 4.31. The maximum absolute atomic E-state index is 12.2. The number of amides is 1. The summed E-state index contributed by atoms with van der Waals surface area (Å²) in [5, 5.41) is 27.4. The van der Waals surface area contributed by atoms with Gasteiger partial charge in [0.15, 0.2) is 0 Å². The van der Waals surface area contributed by atoms with Gasteiger partial charge in [-0.15, -0.1) is 0 Å². The quantitative estimate of drug-likeness (QED) is 0.669. The molecule has 1 unspecified atom stereocenters. The Morgan fingerprint density at radius 1 is 1.57 bits per heavy atom. The Bertz CT molecular complexity index is 805. The molecule has 1 atom stereocenters. The first-order valence-electron chi connectivity index (χ1n) is 7.09. The zero-order chi connectivity index (χ0) is 17.2. The fraction of sp³-hybridized carbons (Fsp3) is 0.400. The van der Waals surface area contributed by atoms with Crippen molar-refractivity contribution in [3.63, 3.8) is 0 Å². The molecule has 0 radical (unpaired) electrons. The second kappa shape index (κ2) is 6.04. The second-order valence-corrected chi connectivity index (χ2v) is 5.82. The van der Waals surface area contributed by atoms with E-state index in [4.69, 9.17) is 0 Å². The first kappa shape index (κ1) is 16.4. The number of carbonyl (C=O) groups is 1. The average molecular weight is 315 g/mol. The minimum atomic E-state index is -0.959. The highest BCUT2D eigenvalue weighted by Gasteiger charge is 2.30. The van der Waals surface area contributed by atoms with Crippen LogP contribution in [0.2, 0.25) is 0 Å². The van der Waals surface area contributed by atoms with Crippen LogP contribution in [0.15, 0.2) is 24.4 Å². The molecule has 1 aromatic carbocycles. The fourth-order valence-corrected chi connectivity index (χ4v) is 2.08. The number of hydrogen-bond donors (Lipinski definition) is 1. The molecule has 2 rings (SSSR count). The summed E-state index contributed by atoms with van der Waals surface area (Å²) in [6.07, 6.45) is 1.47. The van der Waals surface area contributed by atoms with Gasteiger partial charge in [-0.3, -0.25) is 19.6 Å². The molecule has 0 aliphatic carbocycles. The lowest BCUT2D eigenvalue weighted by molar-refractivity contribution is -0.384. The molecule has 8 heteroatoms. The van der Waals surface area contributed by atoms with Crippen molar-refractivity contribution in [1.82, 2.24) is 15.1 Å². The van der Waals surface area contributed by atoms with E-state index in [9.17, 15) is 20.2 Å². The summed E-state index contributed by atoms with van der Waals surface area (Å²) in [4.78, 5) is 22.5. The lowest BCUT2D eigenvalue weighted by Crippen LogP contribution is -2.49. The lowest BCUT2D eigenvalue weighted by atomic mass is 9.90. The van der Waals surface area contributed by atoms with Crippen molar-refractivity contribution < 1.29 is 9.72 Å². The number of benzene rings is 1. The van der Waals surface area contributed by atoms with Crippen LogP contribution in [-0.2, 0) is 11.3 Å². The number of hydrogen-bond acceptors (Lipinski definition) is 5. The van der Waals surface area contributed by atoms with Gasteiger partial charge in [-0.05, 0) is 18.9 Å². The minimum Gasteiger partial charge on any atom is -0.336 e. The van der Waals surface area contributed by atoms with Gasteiger partial charge in [-0.2, -0.15) is 10.4 Å². The van der Waals surface area contributed by atoms with Gasteiger partial charge in [0.1, 0.15) is 12.1 Å². The van der Waals surface area contributed by atoms with Crippen molar-refractivity contribution in [1.29, 1.82) is 5.26 Å². The number of aromatic nitrogens is 2. The minimum absolute atomic E-state index is 0.0293. The largest absolute Gasteiger partial charge is 0.336 e. The highest BCUT2D eigenvalue weighted by molar-refractivity contribution is 5.84. The molecular formula is C15H17N5O3. The molecule has 8 nitrogen and oxygen atoms in total. The average Bonchev–Trinajstić information content (AvgIpc) is 2.89. The third kappa shape index (κ3) is 3.29. The van der Waals surface area contributed by atoms with Crippen LogP contribution in [0.5, 0.6) is 0 Å². The van der Waals surface area contributed by atoms with Crippen molar-refractivity contribution in [2.24, 2.45) is 5.92 Å². The topological polar surface area (TPSA) is 114 Å². The van der Waals surface area contributed by atoms with Gasteiger partial charge in [-0.1, -0.05) is 13.8 Å². The number of rotatable bonds is 5. The van der Waals surface area contributed by atoms with Crippen molar-refractivity contribution in [2.45, 2.75) is 32.9 Å². The molecule has 0 aliphatic rings. The van der Waals surface area contributed by atoms with Gasteiger partial charge in [0.25, 0.3) is 5.69 Å². The van der Waals surface area contributed by atoms with E-state index in [1.54, 1.807) is 13.0 Å². The summed E-state index contributed by atoms with van der Waals surface area (Å²) < 4.78 is 1.45. The third-order valence-electron chi connectivity index (χ3n) is 3.92. The van der Waals surface area contributed by atoms with E-state index in [1.807, 2.05) is 13.8 Å². The van der Waals surface area contributed by atoms with Crippen LogP contribution < -0.4 is 5.32 Å². The van der Waals surface area contributed by atoms with Crippen LogP contribution in [0.1, 0.15) is 20.8 Å². The lowest BCUT2D eigenvalue weighted by Gasteiger charge is -2.27. The first-order valence-corrected chi connectivity index (χ1v) is 7.09. The molecular weight excluding hydrogens is 298 g/mol. The van der Waals surface area contributed by atoms with Crippen molar-refractivity contribution in [3.05, 3.63) is 34.5 Å². The Labute approximate surface area is 132 Å². The Balaban J connectivity index is 2.21. The predicted molar refractivity (Wildman–Crippen MR) is 83.4 cm³/mol. The summed E-state index contributed by atoms with van der Waals surface area (Å²) >= 11 is 0. The monoisotopic (exact) mass is 315 g/mol. The highest BCUT2D eigenvalue weighted by Crippen LogP contribution is 2.21. The number of nitrogens with one attached hydrogen (secondary N) is 1. The highest BCUT2D eigenvalue weighted by atomic mass is 16.6. The Morgan fingerprint density at radius 2 is 2.26 bits per heavy atom. The Hall–Kier alpha value is -2.95. The van der Waals surface area contributed by atoms with Crippen molar-refractivity contribution in [2.75, 3.05) is 0 Å². The number of nitrogens with zero attached hydrogens (tertiary/aromatic N) is 4. The van der Waals surface area contributed by atoms with E-state index in [1.165, 1.54) is 23.0 Å². The molecule has 1 amide bonds. The predicted octanol–water partition coefficient (Wildman–Crippen LogP) is 2.00. The van der Waals surface area contributed by atoms with Gasteiger partial charge in [0.2, 0.25) is 5.91 Å². The van der Waals surface area contributed by atoms with Gasteiger partial charge in [0.05, 0.1) is 22.7 Å². The van der Waals surface area contributed by atoms with Crippen LogP contribution in [0.3, 0.4) is 0 Å². The van der Waals surface area contributed by atoms with E-state index < -0.39 is 10.5 Å². The number of non-ortho nitro benzene ring substituents is 1. The maximum Gasteiger partial charge on any atom is 0.270 e. The SMILES string of the molecule is CC(C)C(C)(C#N)NC(=O)Cn1ncc2cc([N+](=O)[O-])ccc21. The summed E-state index contributed by atoms with van der Waals surface area (Å²) in [5.74, 6) is -0.389. The molecule has 120 valence electrons. The van der Waals surface area contributed by atoms with Crippen molar-refractivity contribution >= 4 is 22.5 Å². The molecule has 0 saturated heterocycles. The van der Waals surface area contributed by atoms with Crippen LogP contribution in [0, 0.1) is 27.4 Å². The van der Waals surface area contributed by atoms with Gasteiger partial charge in [0, 0.05) is 17.5 Å². The number of nitro groups is 1. The normalized spacial score (nSPS) is 13.5. The zero-order valence-corrected chi connectivity index (χ0v) is 13.1. The summed E-state index contributed by atoms with van der Waals surface area (Å²) in [6, 6.07) is 6.44. The van der Waals surface area contributed by atoms with Crippen LogP contribution in [-0.4, -0.2) is 26.1 Å². The smallest absolute Gasteiger partial charge is 0.270 e. The van der Waals surface area contributed by atoms with Crippen molar-refractivity contribution in [3.8, 4) is 6.07 Å². The molecule has 0 aliphatic heterocycles. The Morgan fingerprint density at radius 3 is 2.83 bits per heavy atom. The van der Waals surface area contributed by atoms with E-state index in [0.717, 1.165) is 0 Å². The van der Waals surface area contributed by atoms with Gasteiger partial charge in [-0.25, -0.2) is 0 Å². The summed E-state index contributed by atoms with van der Waals surface area (Å²) in [6.45, 7) is 5.31. The summed E-state index contributed by atoms with van der Waals surface area (Å²) in [5.41, 5.74) is -0.369. The molecule has 2 aromatic rings. The van der Waals surface area contributed by atoms with Crippen LogP contribution >= 0.6 is 0 Å². The standard InChI is InChI=1S/C15H17N5O3/c1-10(2)15(3,9-16)18-14(21)8-19-13-5-4-12(20(22)23)6-11(13)7-17-19/h4-7,10H,8H2,1-3H3,(H,18,21). The molecule has 1 heterocycles. The number of carbonyl (C=O) groups excluding carboxylic acids is 1. The summed E-state index contributed by atoms with van der Waals surface area (Å²) in [7, 11) is 0. The third-order valence-corrected chi connectivity index (χ3v) is 3.92. The fourth-order valence-electron chi connectivity index (χ4n) is 2.08. The molecule has 0 saturated carbocycles. The molecule has 0 fully saturated rings. The molecule has 1 aromatic heterocycles. The molecule has 23 heavy (non-hydrogen) atoms. The second-order valence-electron chi connectivity index (χ2n) is 5.82. The zero-order valence-electron chi connectivity index (χ0n) is 13.1. The first-order chi connectivity index (χ1) is 10.8. The number of nitro benzene ring substituents is 1. The number of fused-ring (bicyclic) bond motifs is 1. The molecule has 0 spiro atoms. The van der Waals surface area contributed by atoms with Crippen LogP contribution in [0.25, 0.3) is 10.9 Å². The van der Waals surface area contributed by atoms with Gasteiger partial charge >= 0.3 is 0 Å². The van der Waals surface area contributed by atoms with E-state index in [0.29, 0.717) is 10.9 Å². The van der Waals surface area contributed by atoms with E-state index >= 15 is 0 Å². The van der Waals surface area contributed by atoms with E-state index in [-0.39, 0.29) is 24.1 Å². The molecule has 1 N–H and O–H groups in total. The number of nitriles is 1. The molecule has 0 bridgehead atoms. The van der Waals surface area contributed by atoms with E-state index in [2.05, 4.69) is 16.5 Å². The van der Waals surface area contributed by atoms with Crippen LogP contribution in [0.4, 0.5) is 5.69 Å².